The summed E-state index contributed by atoms with van der Waals surface area (Å²) in [6.45, 7) is -0.386. The highest BCUT2D eigenvalue weighted by atomic mass is 127. The molecule has 0 aliphatic rings. The molecule has 0 aliphatic heterocycles. The molecule has 1 amide bonds. The second kappa shape index (κ2) is 8.93. The monoisotopic (exact) mass is 526 g/mol. The van der Waals surface area contributed by atoms with E-state index in [9.17, 15) is 13.2 Å². The van der Waals surface area contributed by atoms with Gasteiger partial charge in [-0.2, -0.15) is 0 Å². The average molecular weight is 527 g/mol. The predicted octanol–water partition coefficient (Wildman–Crippen LogP) is 4.78. The summed E-state index contributed by atoms with van der Waals surface area (Å²) in [4.78, 5) is 12.7. The summed E-state index contributed by atoms with van der Waals surface area (Å²) < 4.78 is 28.4. The highest BCUT2D eigenvalue weighted by Gasteiger charge is 2.27. The third-order valence-corrected chi connectivity index (χ3v) is 6.72. The zero-order valence-corrected chi connectivity index (χ0v) is 18.3. The van der Waals surface area contributed by atoms with Crippen LogP contribution in [0.5, 0.6) is 0 Å². The summed E-state index contributed by atoms with van der Waals surface area (Å²) in [6.07, 6.45) is 0. The van der Waals surface area contributed by atoms with Gasteiger partial charge in [-0.3, -0.25) is 9.10 Å². The number of amides is 1. The SMILES string of the molecule is O=C(CN(c1ccc(I)cc1)S(=O)(=O)c1ccccc1)Nc1ccccc1Cl. The van der Waals surface area contributed by atoms with Crippen LogP contribution < -0.4 is 9.62 Å². The number of nitrogens with zero attached hydrogens (tertiary/aromatic N) is 1. The molecule has 5 nitrogen and oxygen atoms in total. The molecule has 28 heavy (non-hydrogen) atoms. The highest BCUT2D eigenvalue weighted by Crippen LogP contribution is 2.25. The highest BCUT2D eigenvalue weighted by molar-refractivity contribution is 14.1. The Morgan fingerprint density at radius 1 is 0.929 bits per heavy atom. The number of carbonyl (C=O) groups excluding carboxylic acids is 1. The Morgan fingerprint density at radius 2 is 1.54 bits per heavy atom. The van der Waals surface area contributed by atoms with Gasteiger partial charge in [0.25, 0.3) is 10.0 Å². The Bertz CT molecular complexity index is 1070. The van der Waals surface area contributed by atoms with Crippen molar-refractivity contribution in [1.82, 2.24) is 0 Å². The number of sulfonamides is 1. The van der Waals surface area contributed by atoms with Gasteiger partial charge in [0.2, 0.25) is 5.91 Å². The summed E-state index contributed by atoms with van der Waals surface area (Å²) in [6, 6.07) is 21.7. The summed E-state index contributed by atoms with van der Waals surface area (Å²) >= 11 is 8.21. The molecule has 0 aromatic heterocycles. The van der Waals surface area contributed by atoms with E-state index in [0.29, 0.717) is 16.4 Å². The van der Waals surface area contributed by atoms with Gasteiger partial charge in [0.1, 0.15) is 6.54 Å². The van der Waals surface area contributed by atoms with Crippen LogP contribution in [0.3, 0.4) is 0 Å². The van der Waals surface area contributed by atoms with Crippen molar-refractivity contribution in [3.63, 3.8) is 0 Å². The van der Waals surface area contributed by atoms with Crippen LogP contribution >= 0.6 is 34.2 Å². The number of carbonyl (C=O) groups is 1. The fourth-order valence-corrected chi connectivity index (χ4v) is 4.51. The van der Waals surface area contributed by atoms with E-state index in [1.165, 1.54) is 12.1 Å². The normalized spacial score (nSPS) is 11.1. The van der Waals surface area contributed by atoms with Gasteiger partial charge in [-0.25, -0.2) is 8.42 Å². The quantitative estimate of drug-likeness (QED) is 0.470. The molecule has 3 aromatic carbocycles. The average Bonchev–Trinajstić information content (AvgIpc) is 2.69. The molecule has 1 N–H and O–H groups in total. The number of hydrogen-bond acceptors (Lipinski definition) is 3. The van der Waals surface area contributed by atoms with Crippen molar-refractivity contribution in [2.45, 2.75) is 4.90 Å². The molecule has 3 rings (SSSR count). The van der Waals surface area contributed by atoms with Gasteiger partial charge in [-0.05, 0) is 71.1 Å². The van der Waals surface area contributed by atoms with Gasteiger partial charge in [0.15, 0.2) is 0 Å². The van der Waals surface area contributed by atoms with Gasteiger partial charge in [0, 0.05) is 3.57 Å². The van der Waals surface area contributed by atoms with Crippen molar-refractivity contribution in [1.29, 1.82) is 0 Å². The molecule has 0 spiro atoms. The summed E-state index contributed by atoms with van der Waals surface area (Å²) in [5.41, 5.74) is 0.826. The largest absolute Gasteiger partial charge is 0.323 e. The maximum atomic E-state index is 13.2. The molecule has 8 heteroatoms. The van der Waals surface area contributed by atoms with Crippen molar-refractivity contribution in [3.05, 3.63) is 87.5 Å². The van der Waals surface area contributed by atoms with E-state index in [1.807, 2.05) is 0 Å². The first-order valence-electron chi connectivity index (χ1n) is 8.25. The summed E-state index contributed by atoms with van der Waals surface area (Å²) in [7, 11) is -3.93. The maximum absolute atomic E-state index is 13.2. The zero-order valence-electron chi connectivity index (χ0n) is 14.5. The third kappa shape index (κ3) is 4.84. The molecular weight excluding hydrogens is 511 g/mol. The third-order valence-electron chi connectivity index (χ3n) is 3.88. The fourth-order valence-electron chi connectivity index (χ4n) is 2.52. The molecule has 0 radical (unpaired) electrons. The molecular formula is C20H16ClIN2O3S. The lowest BCUT2D eigenvalue weighted by molar-refractivity contribution is -0.114. The first-order chi connectivity index (χ1) is 13.4. The summed E-state index contributed by atoms with van der Waals surface area (Å²) in [5.74, 6) is -0.494. The molecule has 144 valence electrons. The standard InChI is InChI=1S/C20H16ClIN2O3S/c21-18-8-4-5-9-19(18)23-20(25)14-24(16-12-10-15(22)11-13-16)28(26,27)17-6-2-1-3-7-17/h1-13H,14H2,(H,23,25). The number of para-hydroxylation sites is 1. The summed E-state index contributed by atoms with van der Waals surface area (Å²) in [5, 5.41) is 3.04. The predicted molar refractivity (Wildman–Crippen MR) is 120 cm³/mol. The topological polar surface area (TPSA) is 66.5 Å². The number of anilines is 2. The molecule has 0 fully saturated rings. The Hall–Kier alpha value is -2.10. The molecule has 0 bridgehead atoms. The van der Waals surface area contributed by atoms with Crippen molar-refractivity contribution < 1.29 is 13.2 Å². The van der Waals surface area contributed by atoms with Crippen LogP contribution in [-0.4, -0.2) is 20.9 Å². The van der Waals surface area contributed by atoms with Gasteiger partial charge in [-0.1, -0.05) is 41.9 Å². The van der Waals surface area contributed by atoms with E-state index >= 15 is 0 Å². The molecule has 0 unspecified atom stereocenters. The van der Waals surface area contributed by atoms with Crippen LogP contribution in [0.15, 0.2) is 83.8 Å². The van der Waals surface area contributed by atoms with Crippen LogP contribution in [-0.2, 0) is 14.8 Å². The smallest absolute Gasteiger partial charge is 0.264 e. The molecule has 0 saturated carbocycles. The Labute approximate surface area is 182 Å². The number of halogens is 2. The number of hydrogen-bond donors (Lipinski definition) is 1. The zero-order chi connectivity index (χ0) is 20.1. The Balaban J connectivity index is 1.94. The number of rotatable bonds is 6. The van der Waals surface area contributed by atoms with Crippen molar-refractivity contribution >= 4 is 61.5 Å². The van der Waals surface area contributed by atoms with Crippen molar-refractivity contribution in [2.24, 2.45) is 0 Å². The van der Waals surface area contributed by atoms with Gasteiger partial charge in [0.05, 0.1) is 21.3 Å². The second-order valence-corrected chi connectivity index (χ2v) is 9.34. The van der Waals surface area contributed by atoms with Crippen LogP contribution in [0.25, 0.3) is 0 Å². The van der Waals surface area contributed by atoms with Crippen LogP contribution in [0, 0.1) is 3.57 Å². The van der Waals surface area contributed by atoms with Crippen LogP contribution in [0.2, 0.25) is 5.02 Å². The van der Waals surface area contributed by atoms with Crippen molar-refractivity contribution in [3.8, 4) is 0 Å². The minimum absolute atomic E-state index is 0.110. The molecule has 0 heterocycles. The minimum Gasteiger partial charge on any atom is -0.323 e. The molecule has 3 aromatic rings. The fraction of sp³-hybridized carbons (Fsp3) is 0.0500. The minimum atomic E-state index is -3.93. The van der Waals surface area contributed by atoms with Gasteiger partial charge < -0.3 is 5.32 Å². The molecule has 0 saturated heterocycles. The lowest BCUT2D eigenvalue weighted by Crippen LogP contribution is -2.38. The Kier molecular flexibility index (Phi) is 6.58. The van der Waals surface area contributed by atoms with E-state index in [2.05, 4.69) is 27.9 Å². The number of benzene rings is 3. The first kappa shape index (κ1) is 20.6. The van der Waals surface area contributed by atoms with Crippen LogP contribution in [0.1, 0.15) is 0 Å². The van der Waals surface area contributed by atoms with E-state index in [4.69, 9.17) is 11.6 Å². The van der Waals surface area contributed by atoms with Crippen molar-refractivity contribution in [2.75, 3.05) is 16.2 Å². The maximum Gasteiger partial charge on any atom is 0.264 e. The van der Waals surface area contributed by atoms with Crippen LogP contribution in [0.4, 0.5) is 11.4 Å². The van der Waals surface area contributed by atoms with Gasteiger partial charge in [-0.15, -0.1) is 0 Å². The second-order valence-electron chi connectivity index (χ2n) is 5.83. The molecule has 0 aliphatic carbocycles. The van der Waals surface area contributed by atoms with E-state index in [0.717, 1.165) is 7.88 Å². The molecule has 0 atom stereocenters. The van der Waals surface area contributed by atoms with Gasteiger partial charge >= 0.3 is 0 Å². The van der Waals surface area contributed by atoms with E-state index in [1.54, 1.807) is 66.7 Å². The van der Waals surface area contributed by atoms with E-state index in [-0.39, 0.29) is 11.4 Å². The first-order valence-corrected chi connectivity index (χ1v) is 11.2. The number of nitrogens with one attached hydrogen (secondary N) is 1. The lowest BCUT2D eigenvalue weighted by atomic mass is 10.3. The lowest BCUT2D eigenvalue weighted by Gasteiger charge is -2.24. The Morgan fingerprint density at radius 3 is 2.18 bits per heavy atom. The van der Waals surface area contributed by atoms with E-state index < -0.39 is 15.9 Å².